The lowest BCUT2D eigenvalue weighted by Crippen LogP contribution is -2.45. The van der Waals surface area contributed by atoms with Gasteiger partial charge in [-0.15, -0.1) is 0 Å². The summed E-state index contributed by atoms with van der Waals surface area (Å²) in [6, 6.07) is 7.76. The van der Waals surface area contributed by atoms with Crippen molar-refractivity contribution in [2.45, 2.75) is 31.6 Å². The summed E-state index contributed by atoms with van der Waals surface area (Å²) < 4.78 is 11.8. The molecule has 0 fully saturated rings. The van der Waals surface area contributed by atoms with E-state index in [1.165, 1.54) is 0 Å². The van der Waals surface area contributed by atoms with Gasteiger partial charge in [-0.05, 0) is 39.2 Å². The molecule has 0 bridgehead atoms. The first-order valence-corrected chi connectivity index (χ1v) is 9.22. The molecule has 0 spiro atoms. The highest BCUT2D eigenvalue weighted by Crippen LogP contribution is 2.30. The number of nitrogens with one attached hydrogen (secondary N) is 2. The molecule has 6 heteroatoms. The van der Waals surface area contributed by atoms with Crippen LogP contribution in [0.25, 0.3) is 0 Å². The summed E-state index contributed by atoms with van der Waals surface area (Å²) in [4.78, 5) is 4.66. The predicted octanol–water partition coefficient (Wildman–Crippen LogP) is 2.52. The molecule has 0 radical (unpaired) electrons. The lowest BCUT2D eigenvalue weighted by molar-refractivity contribution is 0.0936. The van der Waals surface area contributed by atoms with Crippen LogP contribution in [0.3, 0.4) is 0 Å². The zero-order valence-corrected chi connectivity index (χ0v) is 15.2. The van der Waals surface area contributed by atoms with Gasteiger partial charge in [-0.1, -0.05) is 12.1 Å². The molecule has 1 aliphatic heterocycles. The number of para-hydroxylation sites is 2. The highest BCUT2D eigenvalue weighted by molar-refractivity contribution is 7.99. The molecule has 0 aliphatic carbocycles. The molecular formula is C17H27N3O2S. The van der Waals surface area contributed by atoms with Gasteiger partial charge >= 0.3 is 0 Å². The Bertz CT molecular complexity index is 534. The van der Waals surface area contributed by atoms with E-state index < -0.39 is 0 Å². The molecule has 2 rings (SSSR count). The van der Waals surface area contributed by atoms with Crippen LogP contribution in [0.1, 0.15) is 20.8 Å². The van der Waals surface area contributed by atoms with Crippen LogP contribution >= 0.6 is 11.8 Å². The average molecular weight is 337 g/mol. The van der Waals surface area contributed by atoms with Crippen molar-refractivity contribution in [3.8, 4) is 11.5 Å². The summed E-state index contributed by atoms with van der Waals surface area (Å²) in [5, 5.41) is 6.61. The minimum absolute atomic E-state index is 0.0256. The van der Waals surface area contributed by atoms with E-state index in [0.29, 0.717) is 13.2 Å². The maximum atomic E-state index is 5.95. The SMILES string of the molecule is CCNC(=NCC(C)(C)SC)NCC1COc2ccccc2O1. The maximum Gasteiger partial charge on any atom is 0.191 e. The Morgan fingerprint density at radius 1 is 1.30 bits per heavy atom. The molecular weight excluding hydrogens is 310 g/mol. The van der Waals surface area contributed by atoms with Gasteiger partial charge in [0.05, 0.1) is 13.1 Å². The van der Waals surface area contributed by atoms with Crippen molar-refractivity contribution < 1.29 is 9.47 Å². The lowest BCUT2D eigenvalue weighted by Gasteiger charge is -2.27. The Hall–Kier alpha value is -1.56. The molecule has 23 heavy (non-hydrogen) atoms. The third kappa shape index (κ3) is 5.53. The number of hydrogen-bond acceptors (Lipinski definition) is 4. The van der Waals surface area contributed by atoms with Gasteiger partial charge in [0.1, 0.15) is 12.7 Å². The molecule has 1 unspecified atom stereocenters. The summed E-state index contributed by atoms with van der Waals surface area (Å²) in [6.45, 7) is 9.23. The van der Waals surface area contributed by atoms with E-state index in [4.69, 9.17) is 9.47 Å². The Morgan fingerprint density at radius 2 is 2.04 bits per heavy atom. The van der Waals surface area contributed by atoms with Gasteiger partial charge in [0.25, 0.3) is 0 Å². The molecule has 1 aliphatic rings. The van der Waals surface area contributed by atoms with Crippen molar-refractivity contribution in [3.05, 3.63) is 24.3 Å². The van der Waals surface area contributed by atoms with Crippen LogP contribution in [0, 0.1) is 0 Å². The zero-order chi connectivity index (χ0) is 16.7. The Labute approximate surface area is 143 Å². The summed E-state index contributed by atoms with van der Waals surface area (Å²) in [7, 11) is 0. The number of rotatable bonds is 6. The van der Waals surface area contributed by atoms with Gasteiger partial charge in [-0.2, -0.15) is 11.8 Å². The second kappa shape index (κ2) is 8.34. The quantitative estimate of drug-likeness (QED) is 0.617. The summed E-state index contributed by atoms with van der Waals surface area (Å²) >= 11 is 1.82. The van der Waals surface area contributed by atoms with Crippen molar-refractivity contribution in [1.82, 2.24) is 10.6 Å². The normalized spacial score (nSPS) is 17.7. The third-order valence-corrected chi connectivity index (χ3v) is 4.81. The van der Waals surface area contributed by atoms with Gasteiger partial charge < -0.3 is 20.1 Å². The smallest absolute Gasteiger partial charge is 0.191 e. The number of thioether (sulfide) groups is 1. The van der Waals surface area contributed by atoms with Crippen molar-refractivity contribution in [2.24, 2.45) is 4.99 Å². The molecule has 1 heterocycles. The summed E-state index contributed by atoms with van der Waals surface area (Å²) in [5.74, 6) is 2.43. The molecule has 0 saturated carbocycles. The summed E-state index contributed by atoms with van der Waals surface area (Å²) in [6.07, 6.45) is 2.09. The topological polar surface area (TPSA) is 54.9 Å². The number of guanidine groups is 1. The molecule has 0 saturated heterocycles. The number of aliphatic imine (C=N–C) groups is 1. The van der Waals surface area contributed by atoms with Gasteiger partial charge in [-0.25, -0.2) is 0 Å². The maximum absolute atomic E-state index is 5.95. The molecule has 128 valence electrons. The van der Waals surface area contributed by atoms with Crippen molar-refractivity contribution in [2.75, 3.05) is 32.5 Å². The van der Waals surface area contributed by atoms with E-state index in [1.54, 1.807) is 0 Å². The van der Waals surface area contributed by atoms with Crippen molar-refractivity contribution >= 4 is 17.7 Å². The minimum atomic E-state index is -0.0256. The van der Waals surface area contributed by atoms with E-state index >= 15 is 0 Å². The van der Waals surface area contributed by atoms with Crippen molar-refractivity contribution in [3.63, 3.8) is 0 Å². The molecule has 1 atom stereocenters. The Kier molecular flexibility index (Phi) is 6.45. The number of benzene rings is 1. The highest BCUT2D eigenvalue weighted by Gasteiger charge is 2.21. The number of nitrogens with zero attached hydrogens (tertiary/aromatic N) is 1. The highest BCUT2D eigenvalue weighted by atomic mass is 32.2. The monoisotopic (exact) mass is 337 g/mol. The standard InChI is InChI=1S/C17H27N3O2S/c1-5-18-16(20-12-17(2,3)23-4)19-10-13-11-21-14-8-6-7-9-15(14)22-13/h6-9,13H,5,10-12H2,1-4H3,(H2,18,19,20). The van der Waals surface area contributed by atoms with E-state index in [9.17, 15) is 0 Å². The predicted molar refractivity (Wildman–Crippen MR) is 97.9 cm³/mol. The van der Waals surface area contributed by atoms with Gasteiger partial charge in [0, 0.05) is 11.3 Å². The molecule has 1 aromatic rings. The van der Waals surface area contributed by atoms with E-state index in [1.807, 2.05) is 36.0 Å². The fourth-order valence-corrected chi connectivity index (χ4v) is 2.24. The fraction of sp³-hybridized carbons (Fsp3) is 0.588. The van der Waals surface area contributed by atoms with Crippen LogP contribution in [0.4, 0.5) is 0 Å². The minimum Gasteiger partial charge on any atom is -0.486 e. The van der Waals surface area contributed by atoms with Gasteiger partial charge in [-0.3, -0.25) is 4.99 Å². The molecule has 1 aromatic carbocycles. The van der Waals surface area contributed by atoms with Crippen molar-refractivity contribution in [1.29, 1.82) is 0 Å². The molecule has 5 nitrogen and oxygen atoms in total. The molecule has 0 amide bonds. The average Bonchev–Trinajstić information content (AvgIpc) is 2.57. The van der Waals surface area contributed by atoms with Crippen LogP contribution in [0.5, 0.6) is 11.5 Å². The Morgan fingerprint density at radius 3 is 2.74 bits per heavy atom. The largest absolute Gasteiger partial charge is 0.486 e. The summed E-state index contributed by atoms with van der Waals surface area (Å²) in [5.41, 5.74) is 0. The van der Waals surface area contributed by atoms with Crippen LogP contribution in [-0.4, -0.2) is 49.3 Å². The Balaban J connectivity index is 1.88. The van der Waals surface area contributed by atoms with E-state index in [-0.39, 0.29) is 10.9 Å². The second-order valence-corrected chi connectivity index (χ2v) is 7.55. The first-order valence-electron chi connectivity index (χ1n) is 8.00. The van der Waals surface area contributed by atoms with Crippen LogP contribution < -0.4 is 20.1 Å². The second-order valence-electron chi connectivity index (χ2n) is 6.04. The van der Waals surface area contributed by atoms with Gasteiger partial charge in [0.15, 0.2) is 17.5 Å². The molecule has 0 aromatic heterocycles. The van der Waals surface area contributed by atoms with Gasteiger partial charge in [0.2, 0.25) is 0 Å². The third-order valence-electron chi connectivity index (χ3n) is 3.58. The van der Waals surface area contributed by atoms with E-state index in [0.717, 1.165) is 30.5 Å². The zero-order valence-electron chi connectivity index (χ0n) is 14.4. The van der Waals surface area contributed by atoms with Crippen LogP contribution in [0.15, 0.2) is 29.3 Å². The number of hydrogen-bond donors (Lipinski definition) is 2. The first kappa shape index (κ1) is 17.8. The lowest BCUT2D eigenvalue weighted by atomic mass is 10.2. The fourth-order valence-electron chi connectivity index (χ4n) is 2.05. The molecule has 2 N–H and O–H groups in total. The number of ether oxygens (including phenoxy) is 2. The number of fused-ring (bicyclic) bond motifs is 1. The first-order chi connectivity index (χ1) is 11.0. The van der Waals surface area contributed by atoms with E-state index in [2.05, 4.69) is 42.7 Å². The van der Waals surface area contributed by atoms with Crippen LogP contribution in [-0.2, 0) is 0 Å². The van der Waals surface area contributed by atoms with Crippen LogP contribution in [0.2, 0.25) is 0 Å².